The van der Waals surface area contributed by atoms with Crippen LogP contribution in [0, 0.1) is 0 Å². The van der Waals surface area contributed by atoms with Crippen molar-refractivity contribution >= 4 is 17.7 Å². The van der Waals surface area contributed by atoms with E-state index in [2.05, 4.69) is 10.6 Å². The molecule has 3 rings (SSSR count). The number of rotatable bonds is 6. The van der Waals surface area contributed by atoms with Gasteiger partial charge in [0.25, 0.3) is 5.91 Å². The van der Waals surface area contributed by atoms with Crippen molar-refractivity contribution in [3.8, 4) is 0 Å². The maximum Gasteiger partial charge on any atom is 0.322 e. The Kier molecular flexibility index (Phi) is 5.73. The maximum atomic E-state index is 12.3. The number of hydrogen-bond acceptors (Lipinski definition) is 4. The van der Waals surface area contributed by atoms with Crippen LogP contribution in [0.4, 0.5) is 4.79 Å². The first kappa shape index (κ1) is 18.1. The highest BCUT2D eigenvalue weighted by atomic mass is 16.3. The van der Waals surface area contributed by atoms with Crippen LogP contribution in [0.15, 0.2) is 77.7 Å². The molecule has 27 heavy (non-hydrogen) atoms. The van der Waals surface area contributed by atoms with Crippen molar-refractivity contribution < 1.29 is 23.4 Å². The highest BCUT2D eigenvalue weighted by Crippen LogP contribution is 2.07. The van der Waals surface area contributed by atoms with E-state index in [-0.39, 0.29) is 18.9 Å². The van der Waals surface area contributed by atoms with Crippen LogP contribution in [0.3, 0.4) is 0 Å². The number of urea groups is 1. The van der Waals surface area contributed by atoms with Gasteiger partial charge in [-0.3, -0.25) is 14.9 Å². The van der Waals surface area contributed by atoms with Crippen molar-refractivity contribution in [3.63, 3.8) is 0 Å². The van der Waals surface area contributed by atoms with E-state index in [1.807, 2.05) is 6.07 Å². The minimum atomic E-state index is -0.604. The number of nitrogens with one attached hydrogen (secondary N) is 2. The summed E-state index contributed by atoms with van der Waals surface area (Å²) in [6, 6.07) is 15.1. The summed E-state index contributed by atoms with van der Waals surface area (Å²) in [5, 5.41) is 4.76. The molecule has 0 aliphatic rings. The van der Waals surface area contributed by atoms with E-state index in [0.717, 1.165) is 0 Å². The first-order chi connectivity index (χ1) is 13.1. The first-order valence-electron chi connectivity index (χ1n) is 8.31. The molecular formula is C20H18N3O4+. The van der Waals surface area contributed by atoms with Gasteiger partial charge in [0.15, 0.2) is 18.2 Å². The van der Waals surface area contributed by atoms with Gasteiger partial charge in [-0.2, -0.15) is 4.57 Å². The van der Waals surface area contributed by atoms with Crippen LogP contribution in [0.5, 0.6) is 0 Å². The summed E-state index contributed by atoms with van der Waals surface area (Å²) < 4.78 is 6.67. The lowest BCUT2D eigenvalue weighted by Crippen LogP contribution is -2.47. The molecule has 7 nitrogen and oxygen atoms in total. The van der Waals surface area contributed by atoms with Gasteiger partial charge in [-0.25, -0.2) is 4.79 Å². The molecule has 136 valence electrons. The molecule has 1 aromatic carbocycles. The molecule has 3 aromatic rings. The summed E-state index contributed by atoms with van der Waals surface area (Å²) in [4.78, 5) is 36.0. The molecule has 0 atom stereocenters. The number of pyridine rings is 1. The normalized spacial score (nSPS) is 10.2. The fourth-order valence-corrected chi connectivity index (χ4v) is 2.43. The highest BCUT2D eigenvalue weighted by Gasteiger charge is 2.15. The Morgan fingerprint density at radius 1 is 0.889 bits per heavy atom. The van der Waals surface area contributed by atoms with Gasteiger partial charge in [-0.05, 0) is 12.1 Å². The highest BCUT2D eigenvalue weighted by molar-refractivity contribution is 6.08. The molecule has 3 amide bonds. The standard InChI is InChI=1S/C20H17N3O4/c24-18(22-20(26)21-13-17-7-4-12-27-17)14-23-10-8-16(9-11-23)19(25)15-5-2-1-3-6-15/h1-12H,13-14H2,(H-,21,22,24,26)/p+1. The minimum Gasteiger partial charge on any atom is -0.467 e. The zero-order valence-electron chi connectivity index (χ0n) is 14.4. The van der Waals surface area contributed by atoms with E-state index < -0.39 is 11.9 Å². The predicted molar refractivity (Wildman–Crippen MR) is 95.6 cm³/mol. The number of imide groups is 1. The zero-order chi connectivity index (χ0) is 19.1. The van der Waals surface area contributed by atoms with E-state index >= 15 is 0 Å². The lowest BCUT2D eigenvalue weighted by atomic mass is 10.0. The molecule has 0 bridgehead atoms. The number of benzene rings is 1. The second-order valence-corrected chi connectivity index (χ2v) is 5.76. The average molecular weight is 364 g/mol. The smallest absolute Gasteiger partial charge is 0.322 e. The van der Waals surface area contributed by atoms with Gasteiger partial charge >= 0.3 is 6.03 Å². The summed E-state index contributed by atoms with van der Waals surface area (Å²) in [7, 11) is 0. The van der Waals surface area contributed by atoms with Crippen LogP contribution in [0.2, 0.25) is 0 Å². The molecule has 7 heteroatoms. The van der Waals surface area contributed by atoms with E-state index in [0.29, 0.717) is 16.9 Å². The Labute approximate surface area is 155 Å². The Morgan fingerprint density at radius 2 is 1.59 bits per heavy atom. The molecule has 0 aliphatic carbocycles. The van der Waals surface area contributed by atoms with Crippen LogP contribution in [-0.2, 0) is 17.9 Å². The number of furan rings is 1. The Balaban J connectivity index is 1.51. The van der Waals surface area contributed by atoms with Crippen molar-refractivity contribution in [1.82, 2.24) is 10.6 Å². The first-order valence-corrected chi connectivity index (χ1v) is 8.31. The molecule has 0 spiro atoms. The SMILES string of the molecule is O=C(C[n+]1ccc(C(=O)c2ccccc2)cc1)NC(=O)NCc1ccco1. The zero-order valence-corrected chi connectivity index (χ0v) is 14.4. The molecule has 0 saturated carbocycles. The molecule has 0 saturated heterocycles. The Bertz CT molecular complexity index is 920. The molecule has 2 heterocycles. The third-order valence-corrected chi connectivity index (χ3v) is 3.77. The summed E-state index contributed by atoms with van der Waals surface area (Å²) in [6.07, 6.45) is 4.75. The maximum absolute atomic E-state index is 12.3. The van der Waals surface area contributed by atoms with Gasteiger partial charge in [0.1, 0.15) is 5.76 Å². The van der Waals surface area contributed by atoms with Gasteiger partial charge in [0.05, 0.1) is 12.8 Å². The fraction of sp³-hybridized carbons (Fsp3) is 0.100. The molecular weight excluding hydrogens is 346 g/mol. The summed E-state index contributed by atoms with van der Waals surface area (Å²) >= 11 is 0. The second kappa shape index (κ2) is 8.57. The minimum absolute atomic E-state index is 0.0476. The van der Waals surface area contributed by atoms with Crippen molar-refractivity contribution in [3.05, 3.63) is 90.1 Å². The van der Waals surface area contributed by atoms with Gasteiger partial charge in [0.2, 0.25) is 6.54 Å². The van der Waals surface area contributed by atoms with Gasteiger partial charge in [-0.1, -0.05) is 30.3 Å². The average Bonchev–Trinajstić information content (AvgIpc) is 3.21. The van der Waals surface area contributed by atoms with E-state index in [9.17, 15) is 14.4 Å². The lowest BCUT2D eigenvalue weighted by Gasteiger charge is -2.04. The number of ketones is 1. The number of aromatic nitrogens is 1. The van der Waals surface area contributed by atoms with Gasteiger partial charge in [0, 0.05) is 23.3 Å². The van der Waals surface area contributed by atoms with Crippen LogP contribution in [-0.4, -0.2) is 17.7 Å². The van der Waals surface area contributed by atoms with E-state index in [1.54, 1.807) is 65.5 Å². The summed E-state index contributed by atoms with van der Waals surface area (Å²) in [5.41, 5.74) is 1.12. The van der Waals surface area contributed by atoms with Crippen LogP contribution < -0.4 is 15.2 Å². The summed E-state index contributed by atoms with van der Waals surface area (Å²) in [5.74, 6) is 0.0224. The van der Waals surface area contributed by atoms with Crippen molar-refractivity contribution in [1.29, 1.82) is 0 Å². The van der Waals surface area contributed by atoms with Crippen LogP contribution >= 0.6 is 0 Å². The quantitative estimate of drug-likeness (QED) is 0.516. The molecule has 0 radical (unpaired) electrons. The van der Waals surface area contributed by atoms with Crippen molar-refractivity contribution in [2.45, 2.75) is 13.1 Å². The van der Waals surface area contributed by atoms with Gasteiger partial charge in [-0.15, -0.1) is 0 Å². The Morgan fingerprint density at radius 3 is 2.26 bits per heavy atom. The second-order valence-electron chi connectivity index (χ2n) is 5.76. The molecule has 0 fully saturated rings. The molecule has 0 aliphatic heterocycles. The topological polar surface area (TPSA) is 92.3 Å². The Hall–Kier alpha value is -3.74. The number of hydrogen-bond donors (Lipinski definition) is 2. The molecule has 2 aromatic heterocycles. The number of carbonyl (C=O) groups is 3. The fourth-order valence-electron chi connectivity index (χ4n) is 2.43. The van der Waals surface area contributed by atoms with Gasteiger partial charge < -0.3 is 9.73 Å². The van der Waals surface area contributed by atoms with Crippen LogP contribution in [0.1, 0.15) is 21.7 Å². The monoisotopic (exact) mass is 364 g/mol. The largest absolute Gasteiger partial charge is 0.467 e. The van der Waals surface area contributed by atoms with Crippen molar-refractivity contribution in [2.75, 3.05) is 0 Å². The molecule has 2 N–H and O–H groups in total. The third-order valence-electron chi connectivity index (χ3n) is 3.77. The number of carbonyl (C=O) groups excluding carboxylic acids is 3. The summed E-state index contributed by atoms with van der Waals surface area (Å²) in [6.45, 7) is 0.142. The van der Waals surface area contributed by atoms with Crippen LogP contribution in [0.25, 0.3) is 0 Å². The predicted octanol–water partition coefficient (Wildman–Crippen LogP) is 1.82. The molecule has 0 unspecified atom stereocenters. The van der Waals surface area contributed by atoms with E-state index in [4.69, 9.17) is 4.42 Å². The van der Waals surface area contributed by atoms with E-state index in [1.165, 1.54) is 6.26 Å². The van der Waals surface area contributed by atoms with Crippen molar-refractivity contribution in [2.24, 2.45) is 0 Å². The third kappa shape index (κ3) is 5.12. The number of nitrogens with zero attached hydrogens (tertiary/aromatic N) is 1. The number of amides is 3. The lowest BCUT2D eigenvalue weighted by molar-refractivity contribution is -0.684.